The van der Waals surface area contributed by atoms with Crippen molar-refractivity contribution in [3.63, 3.8) is 0 Å². The molecular weight excluding hydrogens is 450 g/mol. The third kappa shape index (κ3) is 5.12. The van der Waals surface area contributed by atoms with Crippen LogP contribution < -0.4 is 10.0 Å². The first-order chi connectivity index (χ1) is 16.2. The third-order valence-corrected chi connectivity index (χ3v) is 7.32. The van der Waals surface area contributed by atoms with Crippen molar-refractivity contribution in [1.82, 2.24) is 4.90 Å². The summed E-state index contributed by atoms with van der Waals surface area (Å²) in [5.74, 6) is -0.541. The molecule has 0 saturated carbocycles. The van der Waals surface area contributed by atoms with Crippen LogP contribution in [0, 0.1) is 13.8 Å². The summed E-state index contributed by atoms with van der Waals surface area (Å²) in [6, 6.07) is 18.4. The van der Waals surface area contributed by atoms with E-state index in [4.69, 9.17) is 0 Å². The third-order valence-electron chi connectivity index (χ3n) is 5.81. The number of sulfonamides is 1. The topological polar surface area (TPSA) is 95.6 Å². The van der Waals surface area contributed by atoms with Gasteiger partial charge < -0.3 is 10.2 Å². The molecule has 1 aliphatic heterocycles. The highest BCUT2D eigenvalue weighted by Gasteiger charge is 2.22. The van der Waals surface area contributed by atoms with Crippen molar-refractivity contribution in [2.45, 2.75) is 31.6 Å². The van der Waals surface area contributed by atoms with E-state index in [1.54, 1.807) is 72.5 Å². The van der Waals surface area contributed by atoms with E-state index in [0.717, 1.165) is 31.5 Å². The van der Waals surface area contributed by atoms with Gasteiger partial charge in [-0.3, -0.25) is 14.3 Å². The van der Waals surface area contributed by atoms with Gasteiger partial charge in [-0.2, -0.15) is 0 Å². The van der Waals surface area contributed by atoms with Crippen LogP contribution in [0.3, 0.4) is 0 Å². The molecule has 1 heterocycles. The van der Waals surface area contributed by atoms with Gasteiger partial charge in [0.25, 0.3) is 21.8 Å². The molecule has 7 nitrogen and oxygen atoms in total. The number of benzene rings is 3. The quantitative estimate of drug-likeness (QED) is 0.543. The molecule has 0 aromatic heterocycles. The molecule has 4 rings (SSSR count). The molecule has 2 amide bonds. The Bertz CT molecular complexity index is 1350. The molecule has 0 bridgehead atoms. The van der Waals surface area contributed by atoms with Gasteiger partial charge in [0.05, 0.1) is 16.1 Å². The molecule has 0 radical (unpaired) electrons. The number of carbonyl (C=O) groups is 2. The van der Waals surface area contributed by atoms with Crippen molar-refractivity contribution >= 4 is 33.2 Å². The van der Waals surface area contributed by atoms with Crippen molar-refractivity contribution in [3.05, 3.63) is 89.0 Å². The van der Waals surface area contributed by atoms with Crippen LogP contribution in [0.5, 0.6) is 0 Å². The summed E-state index contributed by atoms with van der Waals surface area (Å²) in [6.45, 7) is 5.03. The average Bonchev–Trinajstić information content (AvgIpc) is 3.35. The van der Waals surface area contributed by atoms with E-state index < -0.39 is 15.9 Å². The molecule has 0 aliphatic carbocycles. The smallest absolute Gasteiger partial charge is 0.262 e. The fraction of sp³-hybridized carbons (Fsp3) is 0.231. The van der Waals surface area contributed by atoms with Crippen LogP contribution >= 0.6 is 0 Å². The van der Waals surface area contributed by atoms with Gasteiger partial charge >= 0.3 is 0 Å². The first-order valence-electron chi connectivity index (χ1n) is 11.1. The fourth-order valence-electron chi connectivity index (χ4n) is 4.00. The summed E-state index contributed by atoms with van der Waals surface area (Å²) in [5, 5.41) is 2.79. The Hall–Kier alpha value is -3.65. The van der Waals surface area contributed by atoms with Crippen molar-refractivity contribution in [3.8, 4) is 0 Å². The van der Waals surface area contributed by atoms with Crippen LogP contribution in [0.1, 0.15) is 44.7 Å². The molecular formula is C26H27N3O4S. The molecule has 3 aromatic carbocycles. The fourth-order valence-corrected chi connectivity index (χ4v) is 5.41. The van der Waals surface area contributed by atoms with E-state index >= 15 is 0 Å². The molecule has 1 fully saturated rings. The van der Waals surface area contributed by atoms with Crippen LogP contribution in [-0.4, -0.2) is 38.2 Å². The number of nitrogens with one attached hydrogen (secondary N) is 2. The van der Waals surface area contributed by atoms with Gasteiger partial charge in [-0.1, -0.05) is 30.3 Å². The Morgan fingerprint density at radius 3 is 2.38 bits per heavy atom. The highest BCUT2D eigenvalue weighted by molar-refractivity contribution is 7.92. The van der Waals surface area contributed by atoms with Gasteiger partial charge in [0.2, 0.25) is 0 Å². The number of hydrogen-bond donors (Lipinski definition) is 2. The molecule has 2 N–H and O–H groups in total. The number of rotatable bonds is 6. The van der Waals surface area contributed by atoms with Gasteiger partial charge in [-0.15, -0.1) is 0 Å². The first kappa shape index (κ1) is 23.5. The summed E-state index contributed by atoms with van der Waals surface area (Å²) in [7, 11) is -3.90. The second-order valence-corrected chi connectivity index (χ2v) is 10.1. The molecule has 34 heavy (non-hydrogen) atoms. The van der Waals surface area contributed by atoms with Crippen LogP contribution in [0.25, 0.3) is 0 Å². The summed E-state index contributed by atoms with van der Waals surface area (Å²) in [5.41, 5.74) is 2.74. The second kappa shape index (κ2) is 9.69. The molecule has 0 atom stereocenters. The maximum Gasteiger partial charge on any atom is 0.262 e. The molecule has 0 spiro atoms. The van der Waals surface area contributed by atoms with E-state index in [1.165, 1.54) is 0 Å². The van der Waals surface area contributed by atoms with Crippen molar-refractivity contribution in [2.24, 2.45) is 0 Å². The molecule has 0 unspecified atom stereocenters. The van der Waals surface area contributed by atoms with Crippen LogP contribution in [0.2, 0.25) is 0 Å². The number of carbonyl (C=O) groups excluding carboxylic acids is 2. The number of anilines is 2. The Labute approximate surface area is 199 Å². The zero-order valence-corrected chi connectivity index (χ0v) is 20.0. The molecule has 3 aromatic rings. The lowest BCUT2D eigenvalue weighted by Gasteiger charge is -2.16. The van der Waals surface area contributed by atoms with Crippen molar-refractivity contribution < 1.29 is 18.0 Å². The Kier molecular flexibility index (Phi) is 6.70. The first-order valence-corrected chi connectivity index (χ1v) is 12.6. The zero-order chi connectivity index (χ0) is 24.3. The molecule has 1 saturated heterocycles. The zero-order valence-electron chi connectivity index (χ0n) is 19.2. The largest absolute Gasteiger partial charge is 0.339 e. The standard InChI is InChI=1S/C26H27N3O4S/c1-18-12-13-19(2)24(16-18)34(32,33)28-23-11-4-3-10-22(23)25(30)27-21-9-7-8-20(17-21)26(31)29-14-5-6-15-29/h3-4,7-13,16-17,28H,5-6,14-15H2,1-2H3,(H,27,30). The predicted octanol–water partition coefficient (Wildman–Crippen LogP) is 4.59. The number of hydrogen-bond acceptors (Lipinski definition) is 4. The Morgan fingerprint density at radius 1 is 0.882 bits per heavy atom. The van der Waals surface area contributed by atoms with Gasteiger partial charge in [-0.05, 0) is 74.2 Å². The van der Waals surface area contributed by atoms with Gasteiger partial charge in [-0.25, -0.2) is 8.42 Å². The van der Waals surface area contributed by atoms with E-state index in [-0.39, 0.29) is 22.1 Å². The number of para-hydroxylation sites is 1. The Balaban J connectivity index is 1.56. The van der Waals surface area contributed by atoms with Gasteiger partial charge in [0.1, 0.15) is 0 Å². The SMILES string of the molecule is Cc1ccc(C)c(S(=O)(=O)Nc2ccccc2C(=O)Nc2cccc(C(=O)N3CCCC3)c2)c1. The number of aryl methyl sites for hydroxylation is 2. The summed E-state index contributed by atoms with van der Waals surface area (Å²) < 4.78 is 28.7. The predicted molar refractivity (Wildman–Crippen MR) is 133 cm³/mol. The number of amides is 2. The van der Waals surface area contributed by atoms with E-state index in [1.807, 2.05) is 13.0 Å². The highest BCUT2D eigenvalue weighted by Crippen LogP contribution is 2.24. The van der Waals surface area contributed by atoms with Crippen molar-refractivity contribution in [2.75, 3.05) is 23.1 Å². The van der Waals surface area contributed by atoms with E-state index in [9.17, 15) is 18.0 Å². The van der Waals surface area contributed by atoms with Crippen LogP contribution in [0.15, 0.2) is 71.6 Å². The minimum atomic E-state index is -3.90. The number of likely N-dealkylation sites (tertiary alicyclic amines) is 1. The molecule has 176 valence electrons. The Morgan fingerprint density at radius 2 is 1.62 bits per heavy atom. The lowest BCUT2D eigenvalue weighted by Crippen LogP contribution is -2.27. The number of nitrogens with zero attached hydrogens (tertiary/aromatic N) is 1. The minimum Gasteiger partial charge on any atom is -0.339 e. The summed E-state index contributed by atoms with van der Waals surface area (Å²) >= 11 is 0. The maximum atomic E-state index is 13.1. The maximum absolute atomic E-state index is 13.1. The van der Waals surface area contributed by atoms with Crippen LogP contribution in [-0.2, 0) is 10.0 Å². The van der Waals surface area contributed by atoms with E-state index in [0.29, 0.717) is 16.8 Å². The molecule has 8 heteroatoms. The monoisotopic (exact) mass is 477 g/mol. The highest BCUT2D eigenvalue weighted by atomic mass is 32.2. The second-order valence-electron chi connectivity index (χ2n) is 8.45. The lowest BCUT2D eigenvalue weighted by atomic mass is 10.1. The average molecular weight is 478 g/mol. The minimum absolute atomic E-state index is 0.0599. The molecule has 1 aliphatic rings. The van der Waals surface area contributed by atoms with E-state index in [2.05, 4.69) is 10.0 Å². The van der Waals surface area contributed by atoms with Crippen molar-refractivity contribution in [1.29, 1.82) is 0 Å². The summed E-state index contributed by atoms with van der Waals surface area (Å²) in [4.78, 5) is 27.7. The normalized spacial score (nSPS) is 13.5. The van der Waals surface area contributed by atoms with Gasteiger partial charge in [0, 0.05) is 24.3 Å². The van der Waals surface area contributed by atoms with Gasteiger partial charge in [0.15, 0.2) is 0 Å². The summed E-state index contributed by atoms with van der Waals surface area (Å²) in [6.07, 6.45) is 1.99. The lowest BCUT2D eigenvalue weighted by molar-refractivity contribution is 0.0792. The van der Waals surface area contributed by atoms with Crippen LogP contribution in [0.4, 0.5) is 11.4 Å².